The van der Waals surface area contributed by atoms with Crippen LogP contribution in [0.25, 0.3) is 5.57 Å². The predicted molar refractivity (Wildman–Crippen MR) is 85.8 cm³/mol. The van der Waals surface area contributed by atoms with Gasteiger partial charge in [-0.2, -0.15) is 0 Å². The first-order valence-electron chi connectivity index (χ1n) is 7.48. The van der Waals surface area contributed by atoms with Crippen molar-refractivity contribution in [2.75, 3.05) is 0 Å². The first-order valence-corrected chi connectivity index (χ1v) is 7.48. The van der Waals surface area contributed by atoms with Crippen molar-refractivity contribution in [1.82, 2.24) is 0 Å². The average molecular weight is 266 g/mol. The zero-order chi connectivity index (χ0) is 14.2. The number of carbonyl (C=O) groups excluding carboxylic acids is 1. The molecule has 2 rings (SSSR count). The number of ketones is 1. The highest BCUT2D eigenvalue weighted by atomic mass is 16.1. The van der Waals surface area contributed by atoms with Gasteiger partial charge in [0.15, 0.2) is 5.78 Å². The summed E-state index contributed by atoms with van der Waals surface area (Å²) >= 11 is 0. The third kappa shape index (κ3) is 4.06. The number of allylic oxidation sites excluding steroid dienone is 6. The molecule has 0 heterocycles. The first kappa shape index (κ1) is 14.5. The Morgan fingerprint density at radius 1 is 1.10 bits per heavy atom. The molecule has 0 saturated carbocycles. The Kier molecular flexibility index (Phi) is 5.55. The van der Waals surface area contributed by atoms with Crippen LogP contribution in [0.3, 0.4) is 0 Å². The van der Waals surface area contributed by atoms with Gasteiger partial charge in [-0.1, -0.05) is 74.4 Å². The summed E-state index contributed by atoms with van der Waals surface area (Å²) in [6, 6.07) is 8.01. The van der Waals surface area contributed by atoms with Gasteiger partial charge >= 0.3 is 0 Å². The van der Waals surface area contributed by atoms with Crippen LogP contribution in [0.4, 0.5) is 0 Å². The van der Waals surface area contributed by atoms with Crippen molar-refractivity contribution in [3.8, 4) is 0 Å². The SMILES string of the molecule is CCCCCC(=O)c1ccc(C2=CCC=CC=C2)cc1. The second kappa shape index (κ2) is 7.64. The molecule has 20 heavy (non-hydrogen) atoms. The minimum absolute atomic E-state index is 0.261. The zero-order valence-corrected chi connectivity index (χ0v) is 12.1. The van der Waals surface area contributed by atoms with E-state index in [0.717, 1.165) is 31.2 Å². The van der Waals surface area contributed by atoms with Crippen LogP contribution in [-0.2, 0) is 0 Å². The minimum Gasteiger partial charge on any atom is -0.294 e. The van der Waals surface area contributed by atoms with E-state index in [4.69, 9.17) is 0 Å². The molecular weight excluding hydrogens is 244 g/mol. The van der Waals surface area contributed by atoms with Crippen LogP contribution in [0, 0.1) is 0 Å². The van der Waals surface area contributed by atoms with Crippen LogP contribution in [0.1, 0.15) is 54.9 Å². The molecule has 0 saturated heterocycles. The molecule has 0 atom stereocenters. The van der Waals surface area contributed by atoms with E-state index in [9.17, 15) is 4.79 Å². The number of hydrogen-bond acceptors (Lipinski definition) is 1. The van der Waals surface area contributed by atoms with Crippen molar-refractivity contribution in [2.45, 2.75) is 39.0 Å². The van der Waals surface area contributed by atoms with E-state index in [0.29, 0.717) is 6.42 Å². The molecule has 0 unspecified atom stereocenters. The third-order valence-electron chi connectivity index (χ3n) is 3.54. The fraction of sp³-hybridized carbons (Fsp3) is 0.316. The molecule has 0 amide bonds. The van der Waals surface area contributed by atoms with E-state index in [2.05, 4.69) is 49.4 Å². The van der Waals surface area contributed by atoms with Crippen LogP contribution >= 0.6 is 0 Å². The molecule has 0 aromatic heterocycles. The van der Waals surface area contributed by atoms with Crippen molar-refractivity contribution in [2.24, 2.45) is 0 Å². The smallest absolute Gasteiger partial charge is 0.162 e. The standard InChI is InChI=1S/C19H22O/c1-2-3-6-11-19(20)18-14-12-17(13-15-18)16-9-7-4-5-8-10-16/h4-5,7,9-10,12-15H,2-3,6,8,11H2,1H3. The highest BCUT2D eigenvalue weighted by Gasteiger charge is 2.06. The van der Waals surface area contributed by atoms with Crippen molar-refractivity contribution < 1.29 is 4.79 Å². The van der Waals surface area contributed by atoms with Gasteiger partial charge in [-0.3, -0.25) is 4.79 Å². The maximum Gasteiger partial charge on any atom is 0.162 e. The highest BCUT2D eigenvalue weighted by Crippen LogP contribution is 2.20. The molecule has 0 spiro atoms. The van der Waals surface area contributed by atoms with Gasteiger partial charge in [0.25, 0.3) is 0 Å². The van der Waals surface area contributed by atoms with Crippen LogP contribution in [0.5, 0.6) is 0 Å². The Labute approximate surface area is 121 Å². The van der Waals surface area contributed by atoms with Crippen molar-refractivity contribution in [3.63, 3.8) is 0 Å². The van der Waals surface area contributed by atoms with Gasteiger partial charge in [-0.15, -0.1) is 0 Å². The summed E-state index contributed by atoms with van der Waals surface area (Å²) in [6.45, 7) is 2.15. The number of hydrogen-bond donors (Lipinski definition) is 0. The Bertz CT molecular complexity index is 529. The van der Waals surface area contributed by atoms with Gasteiger partial charge in [0.2, 0.25) is 0 Å². The molecule has 1 aromatic rings. The molecule has 1 aliphatic rings. The lowest BCUT2D eigenvalue weighted by atomic mass is 9.99. The molecule has 0 radical (unpaired) electrons. The summed E-state index contributed by atoms with van der Waals surface area (Å²) < 4.78 is 0. The molecule has 0 fully saturated rings. The van der Waals surface area contributed by atoms with Gasteiger partial charge in [-0.05, 0) is 24.0 Å². The Morgan fingerprint density at radius 3 is 2.65 bits per heavy atom. The molecule has 0 N–H and O–H groups in total. The molecule has 1 aromatic carbocycles. The lowest BCUT2D eigenvalue weighted by Crippen LogP contribution is -1.98. The van der Waals surface area contributed by atoms with Crippen molar-refractivity contribution >= 4 is 11.4 Å². The molecule has 1 heteroatoms. The van der Waals surface area contributed by atoms with Gasteiger partial charge < -0.3 is 0 Å². The molecular formula is C19H22O. The normalized spacial score (nSPS) is 13.9. The average Bonchev–Trinajstić information content (AvgIpc) is 2.77. The molecule has 0 aliphatic heterocycles. The summed E-state index contributed by atoms with van der Waals surface area (Å²) in [5.41, 5.74) is 3.23. The van der Waals surface area contributed by atoms with Gasteiger partial charge in [0.05, 0.1) is 0 Å². The first-order chi connectivity index (χ1) is 9.81. The Balaban J connectivity index is 2.02. The molecule has 1 aliphatic carbocycles. The highest BCUT2D eigenvalue weighted by molar-refractivity contribution is 5.96. The summed E-state index contributed by atoms with van der Waals surface area (Å²) in [7, 11) is 0. The van der Waals surface area contributed by atoms with Gasteiger partial charge in [0.1, 0.15) is 0 Å². The topological polar surface area (TPSA) is 17.1 Å². The Hall–Kier alpha value is -1.89. The Morgan fingerprint density at radius 2 is 1.90 bits per heavy atom. The van der Waals surface area contributed by atoms with E-state index < -0.39 is 0 Å². The van der Waals surface area contributed by atoms with Crippen molar-refractivity contribution in [3.05, 3.63) is 65.8 Å². The summed E-state index contributed by atoms with van der Waals surface area (Å²) in [5.74, 6) is 0.261. The molecule has 0 bridgehead atoms. The lowest BCUT2D eigenvalue weighted by Gasteiger charge is -2.05. The van der Waals surface area contributed by atoms with Crippen LogP contribution in [0.15, 0.2) is 54.6 Å². The van der Waals surface area contributed by atoms with Crippen molar-refractivity contribution in [1.29, 1.82) is 0 Å². The molecule has 1 nitrogen and oxygen atoms in total. The summed E-state index contributed by atoms with van der Waals surface area (Å²) in [5, 5.41) is 0. The van der Waals surface area contributed by atoms with E-state index >= 15 is 0 Å². The van der Waals surface area contributed by atoms with Crippen LogP contribution in [0.2, 0.25) is 0 Å². The summed E-state index contributed by atoms with van der Waals surface area (Å²) in [6.07, 6.45) is 15.5. The van der Waals surface area contributed by atoms with Gasteiger partial charge in [0, 0.05) is 12.0 Å². The lowest BCUT2D eigenvalue weighted by molar-refractivity contribution is 0.0979. The number of Topliss-reactive ketones (excluding diaryl/α,β-unsaturated/α-hetero) is 1. The van der Waals surface area contributed by atoms with E-state index in [-0.39, 0.29) is 5.78 Å². The zero-order valence-electron chi connectivity index (χ0n) is 12.1. The maximum absolute atomic E-state index is 12.0. The van der Waals surface area contributed by atoms with E-state index in [1.165, 1.54) is 11.1 Å². The fourth-order valence-corrected chi connectivity index (χ4v) is 2.32. The number of carbonyl (C=O) groups is 1. The van der Waals surface area contributed by atoms with Crippen LogP contribution < -0.4 is 0 Å². The maximum atomic E-state index is 12.0. The second-order valence-electron chi connectivity index (χ2n) is 5.14. The minimum atomic E-state index is 0.261. The second-order valence-corrected chi connectivity index (χ2v) is 5.14. The number of benzene rings is 1. The largest absolute Gasteiger partial charge is 0.294 e. The van der Waals surface area contributed by atoms with E-state index in [1.807, 2.05) is 12.1 Å². The molecule has 104 valence electrons. The van der Waals surface area contributed by atoms with Gasteiger partial charge in [-0.25, -0.2) is 0 Å². The monoisotopic (exact) mass is 266 g/mol. The third-order valence-corrected chi connectivity index (χ3v) is 3.54. The predicted octanol–water partition coefficient (Wildman–Crippen LogP) is 5.35. The summed E-state index contributed by atoms with van der Waals surface area (Å²) in [4.78, 5) is 12.0. The van der Waals surface area contributed by atoms with Crippen LogP contribution in [-0.4, -0.2) is 5.78 Å². The number of rotatable bonds is 6. The fourth-order valence-electron chi connectivity index (χ4n) is 2.32. The quantitative estimate of drug-likeness (QED) is 0.501. The number of unbranched alkanes of at least 4 members (excludes halogenated alkanes) is 2. The van der Waals surface area contributed by atoms with E-state index in [1.54, 1.807) is 0 Å².